The lowest BCUT2D eigenvalue weighted by atomic mass is 10.0. The Bertz CT molecular complexity index is 797. The zero-order valence-corrected chi connectivity index (χ0v) is 34.0. The summed E-state index contributed by atoms with van der Waals surface area (Å²) in [5, 5.41) is 11.1. The van der Waals surface area contributed by atoms with Gasteiger partial charge >= 0.3 is 11.9 Å². The van der Waals surface area contributed by atoms with Crippen LogP contribution in [0.15, 0.2) is 12.2 Å². The molecule has 6 nitrogen and oxygen atoms in total. The number of aliphatic carboxylic acids is 1. The largest absolute Gasteiger partial charge is 0.480 e. The van der Waals surface area contributed by atoms with E-state index in [4.69, 9.17) is 9.84 Å². The van der Waals surface area contributed by atoms with Crippen molar-refractivity contribution in [3.63, 3.8) is 0 Å². The van der Waals surface area contributed by atoms with E-state index in [1.807, 2.05) is 0 Å². The fourth-order valence-corrected chi connectivity index (χ4v) is 6.84. The molecular formula is C45H85NO5. The number of unbranched alkanes of at least 4 members (excludes halogenated alkanes) is 30. The van der Waals surface area contributed by atoms with E-state index in [1.54, 1.807) is 0 Å². The summed E-state index contributed by atoms with van der Waals surface area (Å²) in [7, 11) is 0. The highest BCUT2D eigenvalue weighted by atomic mass is 16.5. The molecule has 0 aliphatic heterocycles. The van der Waals surface area contributed by atoms with Crippen LogP contribution < -0.4 is 5.32 Å². The van der Waals surface area contributed by atoms with Crippen LogP contribution in [0, 0.1) is 0 Å². The van der Waals surface area contributed by atoms with Crippen LogP contribution in [0.25, 0.3) is 0 Å². The lowest BCUT2D eigenvalue weighted by Gasteiger charge is -2.15. The number of carbonyl (C=O) groups is 3. The third-order valence-corrected chi connectivity index (χ3v) is 10.2. The summed E-state index contributed by atoms with van der Waals surface area (Å²) >= 11 is 0. The van der Waals surface area contributed by atoms with Crippen LogP contribution in [-0.4, -0.2) is 35.6 Å². The van der Waals surface area contributed by atoms with Gasteiger partial charge in [-0.3, -0.25) is 14.4 Å². The fourth-order valence-electron chi connectivity index (χ4n) is 6.84. The molecule has 0 heterocycles. The van der Waals surface area contributed by atoms with E-state index in [0.29, 0.717) is 12.8 Å². The van der Waals surface area contributed by atoms with Gasteiger partial charge in [-0.05, 0) is 44.6 Å². The van der Waals surface area contributed by atoms with Crippen molar-refractivity contribution in [3.05, 3.63) is 12.2 Å². The Morgan fingerprint density at radius 3 is 1.31 bits per heavy atom. The molecule has 0 aliphatic rings. The molecule has 0 aromatic carbocycles. The smallest absolute Gasteiger partial charge is 0.322 e. The van der Waals surface area contributed by atoms with Crippen LogP contribution in [0.5, 0.6) is 0 Å². The number of esters is 1. The molecule has 0 aliphatic carbocycles. The molecule has 0 saturated carbocycles. The number of hydrogen-bond acceptors (Lipinski definition) is 4. The Labute approximate surface area is 316 Å². The van der Waals surface area contributed by atoms with E-state index >= 15 is 0 Å². The number of allylic oxidation sites excluding steroid dienone is 1. The third kappa shape index (κ3) is 40.8. The molecule has 0 saturated heterocycles. The van der Waals surface area contributed by atoms with E-state index < -0.39 is 5.97 Å². The molecular weight excluding hydrogens is 634 g/mol. The van der Waals surface area contributed by atoms with Gasteiger partial charge in [-0.1, -0.05) is 200 Å². The first-order valence-electron chi connectivity index (χ1n) is 22.3. The Morgan fingerprint density at radius 2 is 0.882 bits per heavy atom. The Morgan fingerprint density at radius 1 is 0.510 bits per heavy atom. The molecule has 0 aromatic heterocycles. The Hall–Kier alpha value is -1.85. The van der Waals surface area contributed by atoms with Crippen LogP contribution in [0.3, 0.4) is 0 Å². The van der Waals surface area contributed by atoms with Crippen LogP contribution in [0.4, 0.5) is 0 Å². The summed E-state index contributed by atoms with van der Waals surface area (Å²) in [5.74, 6) is -1.31. The van der Waals surface area contributed by atoms with Crippen molar-refractivity contribution in [1.82, 2.24) is 5.32 Å². The van der Waals surface area contributed by atoms with Crippen molar-refractivity contribution in [3.8, 4) is 0 Å². The summed E-state index contributed by atoms with van der Waals surface area (Å²) in [6, 6.07) is 0. The maximum absolute atomic E-state index is 12.7. The van der Waals surface area contributed by atoms with Crippen LogP contribution in [0.2, 0.25) is 0 Å². The Balaban J connectivity index is 3.84. The molecule has 1 unspecified atom stereocenters. The molecule has 300 valence electrons. The fraction of sp³-hybridized carbons (Fsp3) is 0.889. The topological polar surface area (TPSA) is 92.7 Å². The van der Waals surface area contributed by atoms with Gasteiger partial charge in [0.15, 0.2) is 0 Å². The van der Waals surface area contributed by atoms with Gasteiger partial charge in [0.1, 0.15) is 12.6 Å². The monoisotopic (exact) mass is 720 g/mol. The van der Waals surface area contributed by atoms with Crippen LogP contribution in [-0.2, 0) is 19.1 Å². The SMILES string of the molecule is CCCCCCC/C=C\C(CCCCCCC(=O)NCC(=O)O)OC(=O)CCCCCCCCCCCCCCCCCCCCCCCCC. The van der Waals surface area contributed by atoms with Crippen molar-refractivity contribution in [2.45, 2.75) is 251 Å². The number of rotatable bonds is 41. The predicted octanol–water partition coefficient (Wildman–Crippen LogP) is 13.7. The van der Waals surface area contributed by atoms with Gasteiger partial charge < -0.3 is 15.2 Å². The Kier molecular flexibility index (Phi) is 39.4. The summed E-state index contributed by atoms with van der Waals surface area (Å²) in [4.78, 5) is 34.9. The second kappa shape index (κ2) is 40.9. The van der Waals surface area contributed by atoms with Gasteiger partial charge in [-0.2, -0.15) is 0 Å². The summed E-state index contributed by atoms with van der Waals surface area (Å²) in [6.45, 7) is 4.20. The number of ether oxygens (including phenoxy) is 1. The molecule has 0 aromatic rings. The van der Waals surface area contributed by atoms with Gasteiger partial charge in [0.25, 0.3) is 0 Å². The number of carboxylic acids is 1. The zero-order chi connectivity index (χ0) is 37.3. The second-order valence-electron chi connectivity index (χ2n) is 15.3. The van der Waals surface area contributed by atoms with E-state index in [9.17, 15) is 14.4 Å². The van der Waals surface area contributed by atoms with Gasteiger partial charge in [0.05, 0.1) is 0 Å². The van der Waals surface area contributed by atoms with Crippen molar-refractivity contribution in [2.24, 2.45) is 0 Å². The average molecular weight is 720 g/mol. The van der Waals surface area contributed by atoms with Crippen molar-refractivity contribution >= 4 is 17.8 Å². The number of nitrogens with one attached hydrogen (secondary N) is 1. The van der Waals surface area contributed by atoms with E-state index in [2.05, 4.69) is 31.3 Å². The minimum absolute atomic E-state index is 0.0776. The molecule has 1 atom stereocenters. The average Bonchev–Trinajstić information content (AvgIpc) is 3.11. The molecule has 6 heteroatoms. The third-order valence-electron chi connectivity index (χ3n) is 10.2. The zero-order valence-electron chi connectivity index (χ0n) is 34.0. The lowest BCUT2D eigenvalue weighted by Crippen LogP contribution is -2.28. The second-order valence-corrected chi connectivity index (χ2v) is 15.3. The molecule has 0 rings (SSSR count). The first-order valence-corrected chi connectivity index (χ1v) is 22.3. The van der Waals surface area contributed by atoms with Crippen LogP contribution in [0.1, 0.15) is 245 Å². The van der Waals surface area contributed by atoms with Gasteiger partial charge in [0, 0.05) is 12.8 Å². The predicted molar refractivity (Wildman–Crippen MR) is 217 cm³/mol. The minimum Gasteiger partial charge on any atom is -0.480 e. The van der Waals surface area contributed by atoms with Gasteiger partial charge in [0.2, 0.25) is 5.91 Å². The molecule has 0 spiro atoms. The molecule has 0 fully saturated rings. The van der Waals surface area contributed by atoms with E-state index in [1.165, 1.54) is 167 Å². The molecule has 0 bridgehead atoms. The number of carbonyl (C=O) groups excluding carboxylic acids is 2. The van der Waals surface area contributed by atoms with Crippen molar-refractivity contribution in [2.75, 3.05) is 6.54 Å². The minimum atomic E-state index is -1.02. The quantitative estimate of drug-likeness (QED) is 0.0373. The molecule has 2 N–H and O–H groups in total. The first kappa shape index (κ1) is 49.1. The summed E-state index contributed by atoms with van der Waals surface area (Å²) < 4.78 is 5.90. The van der Waals surface area contributed by atoms with Gasteiger partial charge in [-0.25, -0.2) is 0 Å². The maximum Gasteiger partial charge on any atom is 0.322 e. The highest BCUT2D eigenvalue weighted by Gasteiger charge is 2.12. The molecule has 51 heavy (non-hydrogen) atoms. The number of carboxylic acid groups (broad SMARTS) is 1. The highest BCUT2D eigenvalue weighted by Crippen LogP contribution is 2.17. The highest BCUT2D eigenvalue weighted by molar-refractivity contribution is 5.80. The van der Waals surface area contributed by atoms with Gasteiger partial charge in [-0.15, -0.1) is 0 Å². The normalized spacial score (nSPS) is 12.0. The molecule has 0 radical (unpaired) electrons. The first-order chi connectivity index (χ1) is 25.0. The maximum atomic E-state index is 12.7. The summed E-state index contributed by atoms with van der Waals surface area (Å²) in [5.41, 5.74) is 0. The summed E-state index contributed by atoms with van der Waals surface area (Å²) in [6.07, 6.45) is 48.1. The van der Waals surface area contributed by atoms with Crippen LogP contribution >= 0.6 is 0 Å². The van der Waals surface area contributed by atoms with Crippen molar-refractivity contribution < 1.29 is 24.2 Å². The number of amides is 1. The van der Waals surface area contributed by atoms with E-state index in [-0.39, 0.29) is 24.5 Å². The lowest BCUT2D eigenvalue weighted by molar-refractivity contribution is -0.147. The van der Waals surface area contributed by atoms with E-state index in [0.717, 1.165) is 51.4 Å². The standard InChI is InChI=1S/C45H85NO5/c1-3-5-7-9-11-12-13-14-15-16-17-18-19-20-21-22-23-24-25-26-28-30-36-40-45(50)51-42(37-33-29-27-10-8-6-4-2)38-34-31-32-35-39-43(47)46-41-44(48)49/h33,37,42H,3-32,34-36,38-41H2,1-2H3,(H,46,47)(H,48,49)/b37-33-. The molecule has 1 amide bonds. The van der Waals surface area contributed by atoms with Crippen molar-refractivity contribution in [1.29, 1.82) is 0 Å². The number of hydrogen-bond donors (Lipinski definition) is 2.